The molecule has 2 heterocycles. The van der Waals surface area contributed by atoms with E-state index in [1.54, 1.807) is 6.07 Å². The van der Waals surface area contributed by atoms with Crippen LogP contribution in [0.2, 0.25) is 0 Å². The summed E-state index contributed by atoms with van der Waals surface area (Å²) in [5.74, 6) is 0.895. The second kappa shape index (κ2) is 6.55. The SMILES string of the molecule is NC(=O)c1cc2c(NC3CCCCC3)nc(-c3ccccc3)nc2[nH]1. The van der Waals surface area contributed by atoms with E-state index in [4.69, 9.17) is 10.7 Å². The third-order valence-electron chi connectivity index (χ3n) is 4.73. The molecule has 0 unspecified atom stereocenters. The Kier molecular flexibility index (Phi) is 4.09. The van der Waals surface area contributed by atoms with Crippen LogP contribution < -0.4 is 11.1 Å². The number of fused-ring (bicyclic) bond motifs is 1. The number of amides is 1. The van der Waals surface area contributed by atoms with E-state index in [0.717, 1.165) is 29.6 Å². The Hall–Kier alpha value is -2.89. The summed E-state index contributed by atoms with van der Waals surface area (Å²) in [6.07, 6.45) is 6.04. The lowest BCUT2D eigenvalue weighted by Gasteiger charge is -2.23. The summed E-state index contributed by atoms with van der Waals surface area (Å²) in [6, 6.07) is 12.0. The van der Waals surface area contributed by atoms with E-state index in [0.29, 0.717) is 23.2 Å². The normalized spacial score (nSPS) is 15.4. The van der Waals surface area contributed by atoms with Crippen LogP contribution in [0.5, 0.6) is 0 Å². The van der Waals surface area contributed by atoms with E-state index in [1.807, 2.05) is 30.3 Å². The number of hydrogen-bond donors (Lipinski definition) is 3. The molecule has 4 N–H and O–H groups in total. The van der Waals surface area contributed by atoms with Gasteiger partial charge < -0.3 is 16.0 Å². The van der Waals surface area contributed by atoms with E-state index in [1.165, 1.54) is 19.3 Å². The van der Waals surface area contributed by atoms with Crippen LogP contribution in [-0.4, -0.2) is 26.9 Å². The van der Waals surface area contributed by atoms with Crippen LogP contribution in [-0.2, 0) is 0 Å². The zero-order chi connectivity index (χ0) is 17.2. The third kappa shape index (κ3) is 3.20. The molecule has 1 fully saturated rings. The first kappa shape index (κ1) is 15.6. The molecular formula is C19H21N5O. The molecular weight excluding hydrogens is 314 g/mol. The largest absolute Gasteiger partial charge is 0.367 e. The molecule has 0 saturated heterocycles. The molecule has 0 spiro atoms. The molecule has 0 radical (unpaired) electrons. The lowest BCUT2D eigenvalue weighted by Crippen LogP contribution is -2.23. The number of primary amides is 1. The van der Waals surface area contributed by atoms with Gasteiger partial charge in [-0.25, -0.2) is 9.97 Å². The second-order valence-corrected chi connectivity index (χ2v) is 6.55. The monoisotopic (exact) mass is 335 g/mol. The topological polar surface area (TPSA) is 96.7 Å². The van der Waals surface area contributed by atoms with Crippen molar-refractivity contribution in [2.24, 2.45) is 5.73 Å². The van der Waals surface area contributed by atoms with Crippen molar-refractivity contribution in [2.45, 2.75) is 38.1 Å². The first-order valence-corrected chi connectivity index (χ1v) is 8.73. The van der Waals surface area contributed by atoms with Gasteiger partial charge in [0.25, 0.3) is 5.91 Å². The molecule has 1 aliphatic rings. The molecule has 4 rings (SSSR count). The summed E-state index contributed by atoms with van der Waals surface area (Å²) in [6.45, 7) is 0. The zero-order valence-corrected chi connectivity index (χ0v) is 14.0. The summed E-state index contributed by atoms with van der Waals surface area (Å²) in [7, 11) is 0. The number of benzene rings is 1. The number of nitrogens with two attached hydrogens (primary N) is 1. The summed E-state index contributed by atoms with van der Waals surface area (Å²) in [4.78, 5) is 23.9. The van der Waals surface area contributed by atoms with Crippen LogP contribution in [0.25, 0.3) is 22.4 Å². The highest BCUT2D eigenvalue weighted by Gasteiger charge is 2.18. The Bertz CT molecular complexity index is 897. The van der Waals surface area contributed by atoms with Crippen molar-refractivity contribution in [1.82, 2.24) is 15.0 Å². The molecule has 2 aromatic heterocycles. The molecule has 1 aromatic carbocycles. The van der Waals surface area contributed by atoms with E-state index in [-0.39, 0.29) is 0 Å². The Balaban J connectivity index is 1.80. The number of aromatic amines is 1. The number of H-pyrrole nitrogens is 1. The molecule has 3 aromatic rings. The molecule has 0 bridgehead atoms. The predicted octanol–water partition coefficient (Wildman–Crippen LogP) is 3.47. The van der Waals surface area contributed by atoms with Gasteiger partial charge in [0.2, 0.25) is 0 Å². The number of hydrogen-bond acceptors (Lipinski definition) is 4. The van der Waals surface area contributed by atoms with Crippen molar-refractivity contribution in [3.63, 3.8) is 0 Å². The summed E-state index contributed by atoms with van der Waals surface area (Å²) < 4.78 is 0. The molecule has 6 heteroatoms. The number of carbonyl (C=O) groups is 1. The molecule has 6 nitrogen and oxygen atoms in total. The highest BCUT2D eigenvalue weighted by molar-refractivity contribution is 5.99. The van der Waals surface area contributed by atoms with Gasteiger partial charge in [0.15, 0.2) is 5.82 Å². The van der Waals surface area contributed by atoms with Gasteiger partial charge >= 0.3 is 0 Å². The van der Waals surface area contributed by atoms with Crippen molar-refractivity contribution in [3.05, 3.63) is 42.1 Å². The molecule has 0 aliphatic heterocycles. The number of rotatable bonds is 4. The maximum atomic E-state index is 11.5. The number of nitrogens with zero attached hydrogens (tertiary/aromatic N) is 2. The van der Waals surface area contributed by atoms with Crippen LogP contribution in [0.4, 0.5) is 5.82 Å². The van der Waals surface area contributed by atoms with Crippen molar-refractivity contribution < 1.29 is 4.79 Å². The first-order chi connectivity index (χ1) is 12.2. The smallest absolute Gasteiger partial charge is 0.265 e. The summed E-state index contributed by atoms with van der Waals surface area (Å²) in [5.41, 5.74) is 7.33. The lowest BCUT2D eigenvalue weighted by atomic mass is 9.95. The molecule has 25 heavy (non-hydrogen) atoms. The van der Waals surface area contributed by atoms with Gasteiger partial charge in [0.1, 0.15) is 17.2 Å². The predicted molar refractivity (Wildman–Crippen MR) is 98.3 cm³/mol. The van der Waals surface area contributed by atoms with Crippen molar-refractivity contribution in [1.29, 1.82) is 0 Å². The van der Waals surface area contributed by atoms with Crippen LogP contribution in [0.15, 0.2) is 36.4 Å². The van der Waals surface area contributed by atoms with Crippen molar-refractivity contribution in [3.8, 4) is 11.4 Å². The molecule has 128 valence electrons. The van der Waals surface area contributed by atoms with Gasteiger partial charge in [-0.1, -0.05) is 49.6 Å². The number of aromatic nitrogens is 3. The van der Waals surface area contributed by atoms with Gasteiger partial charge in [0.05, 0.1) is 5.39 Å². The highest BCUT2D eigenvalue weighted by Crippen LogP contribution is 2.28. The van der Waals surface area contributed by atoms with E-state index in [2.05, 4.69) is 15.3 Å². The maximum Gasteiger partial charge on any atom is 0.265 e. The lowest BCUT2D eigenvalue weighted by molar-refractivity contribution is 0.0996. The minimum atomic E-state index is -0.497. The van der Waals surface area contributed by atoms with Gasteiger partial charge in [-0.3, -0.25) is 4.79 Å². The van der Waals surface area contributed by atoms with Crippen LogP contribution in [0, 0.1) is 0 Å². The Morgan fingerprint density at radius 1 is 1.12 bits per heavy atom. The molecule has 1 aliphatic carbocycles. The highest BCUT2D eigenvalue weighted by atomic mass is 16.1. The minimum absolute atomic E-state index is 0.348. The van der Waals surface area contributed by atoms with Crippen molar-refractivity contribution in [2.75, 3.05) is 5.32 Å². The quantitative estimate of drug-likeness (QED) is 0.680. The van der Waals surface area contributed by atoms with E-state index >= 15 is 0 Å². The third-order valence-corrected chi connectivity index (χ3v) is 4.73. The van der Waals surface area contributed by atoms with Crippen molar-refractivity contribution >= 4 is 22.8 Å². The fraction of sp³-hybridized carbons (Fsp3) is 0.316. The maximum absolute atomic E-state index is 11.5. The second-order valence-electron chi connectivity index (χ2n) is 6.55. The number of anilines is 1. The average Bonchev–Trinajstić information content (AvgIpc) is 3.08. The summed E-state index contributed by atoms with van der Waals surface area (Å²) in [5, 5.41) is 4.37. The standard InChI is InChI=1S/C19H21N5O/c20-16(25)15-11-14-18(21-13-9-5-2-6-10-13)23-17(24-19(14)22-15)12-7-3-1-4-8-12/h1,3-4,7-8,11,13H,2,5-6,9-10H2,(H2,20,25)(H2,21,22,23,24). The van der Waals surface area contributed by atoms with Gasteiger partial charge in [-0.2, -0.15) is 0 Å². The summed E-state index contributed by atoms with van der Waals surface area (Å²) >= 11 is 0. The Morgan fingerprint density at radius 2 is 1.88 bits per heavy atom. The number of carbonyl (C=O) groups excluding carboxylic acids is 1. The van der Waals surface area contributed by atoms with Crippen LogP contribution in [0.3, 0.4) is 0 Å². The Labute approximate surface area is 145 Å². The Morgan fingerprint density at radius 3 is 2.60 bits per heavy atom. The van der Waals surface area contributed by atoms with Gasteiger partial charge in [0, 0.05) is 11.6 Å². The van der Waals surface area contributed by atoms with E-state index in [9.17, 15) is 4.79 Å². The first-order valence-electron chi connectivity index (χ1n) is 8.73. The van der Waals surface area contributed by atoms with E-state index < -0.39 is 5.91 Å². The van der Waals surface area contributed by atoms with Gasteiger partial charge in [-0.05, 0) is 18.9 Å². The zero-order valence-electron chi connectivity index (χ0n) is 14.0. The van der Waals surface area contributed by atoms with Gasteiger partial charge in [-0.15, -0.1) is 0 Å². The average molecular weight is 335 g/mol. The number of nitrogens with one attached hydrogen (secondary N) is 2. The fourth-order valence-electron chi connectivity index (χ4n) is 3.41. The molecule has 1 saturated carbocycles. The fourth-order valence-corrected chi connectivity index (χ4v) is 3.41. The van der Waals surface area contributed by atoms with Crippen LogP contribution >= 0.6 is 0 Å². The molecule has 0 atom stereocenters. The molecule has 1 amide bonds. The van der Waals surface area contributed by atoms with Crippen LogP contribution in [0.1, 0.15) is 42.6 Å². The minimum Gasteiger partial charge on any atom is -0.367 e.